The Balaban J connectivity index is 2.37. The van der Waals surface area contributed by atoms with E-state index in [1.165, 1.54) is 16.4 Å². The molecule has 21 heavy (non-hydrogen) atoms. The standard InChI is InChI=1S/C14H17NO5S/c1-11-2-3-12(4-5-14(16)17)10-13(11)21(18,19)15-6-8-20-9-7-15/h2-5,10H,6-9H2,1H3,(H,16,17)/p-1. The largest absolute Gasteiger partial charge is 0.545 e. The summed E-state index contributed by atoms with van der Waals surface area (Å²) in [6, 6.07) is 4.79. The number of nitrogens with zero attached hydrogens (tertiary/aromatic N) is 1. The van der Waals surface area contributed by atoms with E-state index in [0.29, 0.717) is 37.4 Å². The molecule has 114 valence electrons. The molecule has 1 aromatic carbocycles. The lowest BCUT2D eigenvalue weighted by molar-refractivity contribution is -0.297. The van der Waals surface area contributed by atoms with Crippen LogP contribution in [0, 0.1) is 6.92 Å². The molecule has 0 spiro atoms. The maximum Gasteiger partial charge on any atom is 0.243 e. The molecule has 1 aliphatic rings. The van der Waals surface area contributed by atoms with Gasteiger partial charge in [-0.1, -0.05) is 18.2 Å². The lowest BCUT2D eigenvalue weighted by Crippen LogP contribution is -2.40. The normalized spacial score (nSPS) is 17.2. The Kier molecular flexibility index (Phi) is 4.76. The fraction of sp³-hybridized carbons (Fsp3) is 0.357. The maximum atomic E-state index is 12.6. The molecular weight excluding hydrogens is 294 g/mol. The van der Waals surface area contributed by atoms with Gasteiger partial charge in [-0.25, -0.2) is 8.42 Å². The lowest BCUT2D eigenvalue weighted by Gasteiger charge is -2.26. The first-order valence-electron chi connectivity index (χ1n) is 6.49. The third kappa shape index (κ3) is 3.69. The zero-order chi connectivity index (χ0) is 15.5. The molecule has 1 saturated heterocycles. The smallest absolute Gasteiger partial charge is 0.243 e. The molecule has 1 heterocycles. The summed E-state index contributed by atoms with van der Waals surface area (Å²) >= 11 is 0. The van der Waals surface area contributed by atoms with Gasteiger partial charge in [-0.2, -0.15) is 4.31 Å². The molecule has 0 unspecified atom stereocenters. The van der Waals surface area contributed by atoms with E-state index in [9.17, 15) is 18.3 Å². The lowest BCUT2D eigenvalue weighted by atomic mass is 10.1. The van der Waals surface area contributed by atoms with Gasteiger partial charge in [0.15, 0.2) is 0 Å². The number of aliphatic carboxylic acids is 1. The van der Waals surface area contributed by atoms with Crippen LogP contribution in [0.4, 0.5) is 0 Å². The zero-order valence-electron chi connectivity index (χ0n) is 11.6. The summed E-state index contributed by atoms with van der Waals surface area (Å²) < 4.78 is 31.8. The number of rotatable bonds is 4. The topological polar surface area (TPSA) is 86.7 Å². The molecule has 6 nitrogen and oxygen atoms in total. The molecule has 2 rings (SSSR count). The van der Waals surface area contributed by atoms with Crippen LogP contribution in [0.25, 0.3) is 6.08 Å². The molecule has 0 atom stereocenters. The third-order valence-corrected chi connectivity index (χ3v) is 5.25. The third-order valence-electron chi connectivity index (χ3n) is 3.21. The fourth-order valence-corrected chi connectivity index (χ4v) is 3.76. The van der Waals surface area contributed by atoms with Crippen LogP contribution >= 0.6 is 0 Å². The molecule has 7 heteroatoms. The number of carbonyl (C=O) groups is 1. The highest BCUT2D eigenvalue weighted by Gasteiger charge is 2.27. The minimum atomic E-state index is -3.60. The van der Waals surface area contributed by atoms with Gasteiger partial charge in [0.05, 0.1) is 24.1 Å². The van der Waals surface area contributed by atoms with Crippen molar-refractivity contribution in [1.82, 2.24) is 4.31 Å². The number of carbonyl (C=O) groups excluding carboxylic acids is 1. The highest BCUT2D eigenvalue weighted by molar-refractivity contribution is 7.89. The second kappa shape index (κ2) is 6.38. The summed E-state index contributed by atoms with van der Waals surface area (Å²) in [5, 5.41) is 10.4. The van der Waals surface area contributed by atoms with E-state index in [0.717, 1.165) is 6.08 Å². The molecule has 0 aromatic heterocycles. The Morgan fingerprint density at radius 3 is 2.62 bits per heavy atom. The summed E-state index contributed by atoms with van der Waals surface area (Å²) in [4.78, 5) is 10.6. The molecule has 1 fully saturated rings. The van der Waals surface area contributed by atoms with Crippen molar-refractivity contribution < 1.29 is 23.1 Å². The fourth-order valence-electron chi connectivity index (χ4n) is 2.09. The molecule has 0 saturated carbocycles. The Morgan fingerprint density at radius 1 is 1.33 bits per heavy atom. The Morgan fingerprint density at radius 2 is 2.00 bits per heavy atom. The first-order chi connectivity index (χ1) is 9.91. The number of morpholine rings is 1. The minimum Gasteiger partial charge on any atom is -0.545 e. The van der Waals surface area contributed by atoms with Crippen molar-refractivity contribution in [3.8, 4) is 0 Å². The highest BCUT2D eigenvalue weighted by Crippen LogP contribution is 2.22. The molecule has 0 amide bonds. The summed E-state index contributed by atoms with van der Waals surface area (Å²) in [6.45, 7) is 3.10. The van der Waals surface area contributed by atoms with Crippen LogP contribution in [0.5, 0.6) is 0 Å². The van der Waals surface area contributed by atoms with Gasteiger partial charge < -0.3 is 14.6 Å². The van der Waals surface area contributed by atoms with Crippen LogP contribution in [0.2, 0.25) is 0 Å². The van der Waals surface area contributed by atoms with E-state index in [1.54, 1.807) is 19.1 Å². The second-order valence-corrected chi connectivity index (χ2v) is 6.60. The van der Waals surface area contributed by atoms with Crippen LogP contribution in [0.15, 0.2) is 29.2 Å². The van der Waals surface area contributed by atoms with Gasteiger partial charge in [-0.05, 0) is 30.2 Å². The average molecular weight is 310 g/mol. The van der Waals surface area contributed by atoms with E-state index >= 15 is 0 Å². The highest BCUT2D eigenvalue weighted by atomic mass is 32.2. The van der Waals surface area contributed by atoms with Crippen molar-refractivity contribution in [2.24, 2.45) is 0 Å². The van der Waals surface area contributed by atoms with E-state index in [2.05, 4.69) is 0 Å². The van der Waals surface area contributed by atoms with Gasteiger partial charge in [0.2, 0.25) is 10.0 Å². The van der Waals surface area contributed by atoms with Crippen LogP contribution in [-0.4, -0.2) is 45.0 Å². The van der Waals surface area contributed by atoms with Crippen LogP contribution < -0.4 is 5.11 Å². The number of carboxylic acids is 1. The predicted molar refractivity (Wildman–Crippen MR) is 74.8 cm³/mol. The predicted octanol–water partition coefficient (Wildman–Crippen LogP) is -0.221. The van der Waals surface area contributed by atoms with Crippen molar-refractivity contribution in [3.05, 3.63) is 35.4 Å². The maximum absolute atomic E-state index is 12.6. The van der Waals surface area contributed by atoms with Crippen LogP contribution in [0.3, 0.4) is 0 Å². The number of carboxylic acid groups (broad SMARTS) is 1. The Bertz CT molecular complexity index is 660. The van der Waals surface area contributed by atoms with Crippen LogP contribution in [0.1, 0.15) is 11.1 Å². The van der Waals surface area contributed by atoms with Crippen molar-refractivity contribution >= 4 is 22.1 Å². The van der Waals surface area contributed by atoms with Crippen molar-refractivity contribution in [1.29, 1.82) is 0 Å². The zero-order valence-corrected chi connectivity index (χ0v) is 12.4. The molecule has 0 N–H and O–H groups in total. The second-order valence-electron chi connectivity index (χ2n) is 4.69. The summed E-state index contributed by atoms with van der Waals surface area (Å²) in [5.41, 5.74) is 1.11. The summed E-state index contributed by atoms with van der Waals surface area (Å²) in [6.07, 6.45) is 2.18. The van der Waals surface area contributed by atoms with Crippen molar-refractivity contribution in [2.45, 2.75) is 11.8 Å². The van der Waals surface area contributed by atoms with E-state index in [4.69, 9.17) is 4.74 Å². The van der Waals surface area contributed by atoms with E-state index < -0.39 is 16.0 Å². The Hall–Kier alpha value is -1.70. The van der Waals surface area contributed by atoms with Gasteiger partial charge in [-0.15, -0.1) is 0 Å². The van der Waals surface area contributed by atoms with Gasteiger partial charge >= 0.3 is 0 Å². The first kappa shape index (κ1) is 15.7. The molecule has 1 aliphatic heterocycles. The molecule has 0 radical (unpaired) electrons. The van der Waals surface area contributed by atoms with Gasteiger partial charge in [0, 0.05) is 13.1 Å². The van der Waals surface area contributed by atoms with Gasteiger partial charge in [0.25, 0.3) is 0 Å². The van der Waals surface area contributed by atoms with Crippen molar-refractivity contribution in [2.75, 3.05) is 26.3 Å². The Labute approximate surface area is 123 Å². The number of hydrogen-bond donors (Lipinski definition) is 0. The number of benzene rings is 1. The quantitative estimate of drug-likeness (QED) is 0.718. The van der Waals surface area contributed by atoms with Crippen LogP contribution in [-0.2, 0) is 19.6 Å². The number of ether oxygens (including phenoxy) is 1. The molecule has 0 aliphatic carbocycles. The number of aryl methyl sites for hydroxylation is 1. The SMILES string of the molecule is Cc1ccc(C=CC(=O)[O-])cc1S(=O)(=O)N1CCOCC1. The average Bonchev–Trinajstić information content (AvgIpc) is 2.47. The molecule has 1 aromatic rings. The van der Waals surface area contributed by atoms with Gasteiger partial charge in [-0.3, -0.25) is 0 Å². The minimum absolute atomic E-state index is 0.185. The summed E-state index contributed by atoms with van der Waals surface area (Å²) in [7, 11) is -3.60. The number of sulfonamides is 1. The van der Waals surface area contributed by atoms with E-state index in [1.807, 2.05) is 0 Å². The van der Waals surface area contributed by atoms with Gasteiger partial charge in [0.1, 0.15) is 0 Å². The number of hydrogen-bond acceptors (Lipinski definition) is 5. The first-order valence-corrected chi connectivity index (χ1v) is 7.93. The van der Waals surface area contributed by atoms with E-state index in [-0.39, 0.29) is 4.90 Å². The molecule has 0 bridgehead atoms. The molecular formula is C14H16NO5S-. The van der Waals surface area contributed by atoms with Crippen molar-refractivity contribution in [3.63, 3.8) is 0 Å². The summed E-state index contributed by atoms with van der Waals surface area (Å²) in [5.74, 6) is -1.33. The monoisotopic (exact) mass is 310 g/mol.